The third-order valence-electron chi connectivity index (χ3n) is 3.14. The molecule has 0 unspecified atom stereocenters. The Morgan fingerprint density at radius 3 is 2.39 bits per heavy atom. The van der Waals surface area contributed by atoms with Gasteiger partial charge in [0.15, 0.2) is 5.78 Å². The largest absolute Gasteiger partial charge is 0.378 e. The van der Waals surface area contributed by atoms with Crippen molar-refractivity contribution >= 4 is 22.2 Å². The van der Waals surface area contributed by atoms with Crippen molar-refractivity contribution < 1.29 is 4.79 Å². The van der Waals surface area contributed by atoms with Gasteiger partial charge in [-0.25, -0.2) is 0 Å². The molecule has 0 aliphatic heterocycles. The second-order valence-corrected chi connectivity index (χ2v) is 4.81. The van der Waals surface area contributed by atoms with Crippen molar-refractivity contribution in [2.24, 2.45) is 0 Å². The second-order valence-electron chi connectivity index (χ2n) is 4.81. The Balaban J connectivity index is 2.41. The van der Waals surface area contributed by atoms with E-state index >= 15 is 0 Å². The Bertz CT molecular complexity index is 572. The van der Waals surface area contributed by atoms with Crippen LogP contribution in [0.15, 0.2) is 36.4 Å². The van der Waals surface area contributed by atoms with Crippen LogP contribution in [0.4, 0.5) is 5.69 Å². The molecule has 0 aromatic heterocycles. The van der Waals surface area contributed by atoms with Crippen LogP contribution >= 0.6 is 0 Å². The summed E-state index contributed by atoms with van der Waals surface area (Å²) in [4.78, 5) is 13.9. The standard InChI is InChI=1S/C16H19NO/c1-4-5-16(18)14-7-6-13-11-15(17(2)3)9-8-12(13)10-14/h6-11H,4-5H2,1-3H3. The first kappa shape index (κ1) is 12.6. The van der Waals surface area contributed by atoms with E-state index in [0.717, 1.165) is 17.4 Å². The summed E-state index contributed by atoms with van der Waals surface area (Å²) in [6.07, 6.45) is 1.53. The molecule has 0 amide bonds. The van der Waals surface area contributed by atoms with Gasteiger partial charge in [0.05, 0.1) is 0 Å². The minimum atomic E-state index is 0.232. The van der Waals surface area contributed by atoms with Gasteiger partial charge in [-0.2, -0.15) is 0 Å². The van der Waals surface area contributed by atoms with Crippen molar-refractivity contribution in [2.45, 2.75) is 19.8 Å². The monoisotopic (exact) mass is 241 g/mol. The van der Waals surface area contributed by atoms with Gasteiger partial charge in [0.1, 0.15) is 0 Å². The zero-order valence-electron chi connectivity index (χ0n) is 11.2. The van der Waals surface area contributed by atoms with Crippen LogP contribution in [0.3, 0.4) is 0 Å². The van der Waals surface area contributed by atoms with Gasteiger partial charge in [0.2, 0.25) is 0 Å². The van der Waals surface area contributed by atoms with Crippen molar-refractivity contribution in [3.8, 4) is 0 Å². The van der Waals surface area contributed by atoms with Crippen LogP contribution in [-0.4, -0.2) is 19.9 Å². The number of rotatable bonds is 4. The number of carbonyl (C=O) groups is 1. The van der Waals surface area contributed by atoms with E-state index < -0.39 is 0 Å². The van der Waals surface area contributed by atoms with Crippen LogP contribution in [0.1, 0.15) is 30.1 Å². The molecule has 2 heteroatoms. The third-order valence-corrected chi connectivity index (χ3v) is 3.14. The summed E-state index contributed by atoms with van der Waals surface area (Å²) in [6.45, 7) is 2.03. The molecule has 0 aliphatic carbocycles. The molecule has 0 spiro atoms. The summed E-state index contributed by atoms with van der Waals surface area (Å²) < 4.78 is 0. The van der Waals surface area contributed by atoms with Crippen LogP contribution in [0.2, 0.25) is 0 Å². The number of Topliss-reactive ketones (excluding diaryl/α,β-unsaturated/α-hetero) is 1. The van der Waals surface area contributed by atoms with Crippen molar-refractivity contribution in [3.63, 3.8) is 0 Å². The van der Waals surface area contributed by atoms with E-state index in [4.69, 9.17) is 0 Å². The lowest BCUT2D eigenvalue weighted by Gasteiger charge is -2.13. The lowest BCUT2D eigenvalue weighted by Crippen LogP contribution is -2.08. The fourth-order valence-corrected chi connectivity index (χ4v) is 2.06. The molecule has 18 heavy (non-hydrogen) atoms. The average molecular weight is 241 g/mol. The Morgan fingerprint density at radius 1 is 1.06 bits per heavy atom. The highest BCUT2D eigenvalue weighted by Crippen LogP contribution is 2.22. The Labute approximate surface area is 108 Å². The number of ketones is 1. The first-order valence-corrected chi connectivity index (χ1v) is 6.36. The van der Waals surface area contributed by atoms with E-state index in [0.29, 0.717) is 6.42 Å². The molecular weight excluding hydrogens is 222 g/mol. The molecule has 2 aromatic carbocycles. The van der Waals surface area contributed by atoms with E-state index in [1.807, 2.05) is 39.2 Å². The Morgan fingerprint density at radius 2 is 1.72 bits per heavy atom. The molecule has 0 heterocycles. The normalized spacial score (nSPS) is 10.6. The highest BCUT2D eigenvalue weighted by molar-refractivity contribution is 6.00. The first-order valence-electron chi connectivity index (χ1n) is 6.36. The molecule has 0 saturated carbocycles. The SMILES string of the molecule is CCCC(=O)c1ccc2cc(N(C)C)ccc2c1. The van der Waals surface area contributed by atoms with E-state index in [1.165, 1.54) is 11.1 Å². The molecule has 0 saturated heterocycles. The third kappa shape index (κ3) is 2.53. The highest BCUT2D eigenvalue weighted by Gasteiger charge is 2.06. The summed E-state index contributed by atoms with van der Waals surface area (Å²) in [5.41, 5.74) is 2.00. The number of anilines is 1. The van der Waals surface area contributed by atoms with Gasteiger partial charge >= 0.3 is 0 Å². The maximum absolute atomic E-state index is 11.9. The van der Waals surface area contributed by atoms with Crippen LogP contribution in [-0.2, 0) is 0 Å². The molecule has 0 N–H and O–H groups in total. The lowest BCUT2D eigenvalue weighted by atomic mass is 10.0. The van der Waals surface area contributed by atoms with Gasteiger partial charge in [-0.15, -0.1) is 0 Å². The van der Waals surface area contributed by atoms with Crippen LogP contribution in [0.25, 0.3) is 10.8 Å². The number of nitrogens with zero attached hydrogens (tertiary/aromatic N) is 1. The van der Waals surface area contributed by atoms with Crippen molar-refractivity contribution in [2.75, 3.05) is 19.0 Å². The quantitative estimate of drug-likeness (QED) is 0.757. The summed E-state index contributed by atoms with van der Waals surface area (Å²) >= 11 is 0. The van der Waals surface area contributed by atoms with Crippen molar-refractivity contribution in [1.82, 2.24) is 0 Å². The van der Waals surface area contributed by atoms with Gasteiger partial charge in [0.25, 0.3) is 0 Å². The van der Waals surface area contributed by atoms with Gasteiger partial charge < -0.3 is 4.90 Å². The van der Waals surface area contributed by atoms with E-state index in [2.05, 4.69) is 23.1 Å². The van der Waals surface area contributed by atoms with E-state index in [1.54, 1.807) is 0 Å². The lowest BCUT2D eigenvalue weighted by molar-refractivity contribution is 0.0982. The molecule has 0 atom stereocenters. The number of benzene rings is 2. The molecule has 0 radical (unpaired) electrons. The summed E-state index contributed by atoms with van der Waals surface area (Å²) in [5.74, 6) is 0.232. The molecule has 0 fully saturated rings. The highest BCUT2D eigenvalue weighted by atomic mass is 16.1. The van der Waals surface area contributed by atoms with E-state index in [-0.39, 0.29) is 5.78 Å². The predicted octanol–water partition coefficient (Wildman–Crippen LogP) is 3.89. The average Bonchev–Trinajstić information content (AvgIpc) is 2.37. The zero-order valence-corrected chi connectivity index (χ0v) is 11.2. The van der Waals surface area contributed by atoms with Crippen molar-refractivity contribution in [1.29, 1.82) is 0 Å². The topological polar surface area (TPSA) is 20.3 Å². The van der Waals surface area contributed by atoms with Gasteiger partial charge in [0, 0.05) is 31.8 Å². The molecule has 2 rings (SSSR count). The maximum atomic E-state index is 11.9. The predicted molar refractivity (Wildman–Crippen MR) is 77.5 cm³/mol. The number of hydrogen-bond acceptors (Lipinski definition) is 2. The van der Waals surface area contributed by atoms with Crippen molar-refractivity contribution in [3.05, 3.63) is 42.0 Å². The minimum absolute atomic E-state index is 0.232. The molecule has 2 nitrogen and oxygen atoms in total. The van der Waals surface area contributed by atoms with Crippen LogP contribution in [0, 0.1) is 0 Å². The molecular formula is C16H19NO. The first-order chi connectivity index (χ1) is 8.61. The van der Waals surface area contributed by atoms with E-state index in [9.17, 15) is 4.79 Å². The van der Waals surface area contributed by atoms with Crippen LogP contribution in [0.5, 0.6) is 0 Å². The summed E-state index contributed by atoms with van der Waals surface area (Å²) in [7, 11) is 4.06. The van der Waals surface area contributed by atoms with Crippen LogP contribution < -0.4 is 4.90 Å². The smallest absolute Gasteiger partial charge is 0.162 e. The minimum Gasteiger partial charge on any atom is -0.378 e. The molecule has 0 bridgehead atoms. The fraction of sp³-hybridized carbons (Fsp3) is 0.312. The molecule has 2 aromatic rings. The zero-order chi connectivity index (χ0) is 13.1. The second kappa shape index (κ2) is 5.21. The fourth-order valence-electron chi connectivity index (χ4n) is 2.06. The van der Waals surface area contributed by atoms with Gasteiger partial charge in [-0.3, -0.25) is 4.79 Å². The Hall–Kier alpha value is -1.83. The maximum Gasteiger partial charge on any atom is 0.162 e. The molecule has 0 aliphatic rings. The molecule has 94 valence electrons. The number of hydrogen-bond donors (Lipinski definition) is 0. The Kier molecular flexibility index (Phi) is 3.66. The van der Waals surface area contributed by atoms with Gasteiger partial charge in [-0.1, -0.05) is 25.1 Å². The number of fused-ring (bicyclic) bond motifs is 1. The number of carbonyl (C=O) groups excluding carboxylic acids is 1. The summed E-state index contributed by atoms with van der Waals surface area (Å²) in [5, 5.41) is 2.30. The summed E-state index contributed by atoms with van der Waals surface area (Å²) in [6, 6.07) is 12.3. The van der Waals surface area contributed by atoms with Gasteiger partial charge in [-0.05, 0) is 35.4 Å².